The molecule has 1 saturated heterocycles. The van der Waals surface area contributed by atoms with E-state index in [0.29, 0.717) is 57.0 Å². The Hall–Kier alpha value is -3.02. The quantitative estimate of drug-likeness (QED) is 0.554. The molecule has 2 N–H and O–H groups in total. The van der Waals surface area contributed by atoms with Crippen LogP contribution < -0.4 is 20.2 Å². The van der Waals surface area contributed by atoms with Gasteiger partial charge in [0.15, 0.2) is 0 Å². The van der Waals surface area contributed by atoms with Gasteiger partial charge in [-0.3, -0.25) is 0 Å². The molecule has 2 aromatic rings. The van der Waals surface area contributed by atoms with E-state index in [1.165, 1.54) is 10.6 Å². The average molecular weight is 582 g/mol. The van der Waals surface area contributed by atoms with E-state index in [4.69, 9.17) is 4.84 Å². The maximum atomic E-state index is 13.1. The third-order valence-electron chi connectivity index (χ3n) is 9.92. The van der Waals surface area contributed by atoms with Crippen LogP contribution in [0.2, 0.25) is 0 Å². The normalized spacial score (nSPS) is 31.2. The van der Waals surface area contributed by atoms with Gasteiger partial charge < -0.3 is 25.1 Å². The molecule has 10 nitrogen and oxygen atoms in total. The highest BCUT2D eigenvalue weighted by molar-refractivity contribution is 7.88. The fraction of sp³-hybridized carbons (Fsp3) is 0.567. The van der Waals surface area contributed by atoms with Gasteiger partial charge in [0.25, 0.3) is 0 Å². The van der Waals surface area contributed by atoms with Gasteiger partial charge in [-0.1, -0.05) is 12.1 Å². The Morgan fingerprint density at radius 3 is 2.15 bits per heavy atom. The molecule has 2 aliphatic heterocycles. The smallest absolute Gasteiger partial charge is 0.390 e. The molecule has 41 heavy (non-hydrogen) atoms. The van der Waals surface area contributed by atoms with Crippen molar-refractivity contribution in [2.24, 2.45) is 17.8 Å². The van der Waals surface area contributed by atoms with Crippen LogP contribution in [0.25, 0.3) is 0 Å². The van der Waals surface area contributed by atoms with Crippen molar-refractivity contribution in [3.63, 3.8) is 0 Å². The number of para-hydroxylation sites is 2. The largest absolute Gasteiger partial charge is 0.431 e. The number of amides is 1. The number of rotatable bonds is 5. The summed E-state index contributed by atoms with van der Waals surface area (Å²) in [6.07, 6.45) is 5.50. The standard InChI is InChI=1S/C30H39N5O5S/c1-41(38,39)33-12-10-32(11-13-33)24-6-8-25(9-7-24)34-14-15-35(27-5-3-2-4-26(27)34)40-29(36)31-28-22-16-21-17-23(28)20-30(37,18-21)19-22/h2-9,21-23,28,37H,10-20H2,1H3,(H,31,36)/t21?,22-,23+,28?,30?. The number of carbonyl (C=O) groups excluding carboxylic acids is 1. The summed E-state index contributed by atoms with van der Waals surface area (Å²) in [5, 5.41) is 15.8. The fourth-order valence-electron chi connectivity index (χ4n) is 8.30. The minimum absolute atomic E-state index is 0.0729. The van der Waals surface area contributed by atoms with E-state index >= 15 is 0 Å². The second-order valence-corrected chi connectivity index (χ2v) is 14.6. The van der Waals surface area contributed by atoms with E-state index in [-0.39, 0.29) is 6.04 Å². The number of aliphatic hydroxyl groups is 1. The number of fused-ring (bicyclic) bond motifs is 1. The lowest BCUT2D eigenvalue weighted by molar-refractivity contribution is -0.137. The number of anilines is 4. The third-order valence-corrected chi connectivity index (χ3v) is 11.2. The topological polar surface area (TPSA) is 106 Å². The van der Waals surface area contributed by atoms with Crippen molar-refractivity contribution in [1.82, 2.24) is 9.62 Å². The molecule has 5 fully saturated rings. The first-order chi connectivity index (χ1) is 19.6. The highest BCUT2D eigenvalue weighted by Crippen LogP contribution is 2.55. The van der Waals surface area contributed by atoms with Crippen LogP contribution in [-0.2, 0) is 14.9 Å². The minimum Gasteiger partial charge on any atom is -0.390 e. The molecule has 8 rings (SSSR count). The molecule has 0 aromatic heterocycles. The number of hydroxylamine groups is 1. The van der Waals surface area contributed by atoms with Crippen molar-refractivity contribution in [2.45, 2.75) is 43.7 Å². The highest BCUT2D eigenvalue weighted by Gasteiger charge is 2.55. The van der Waals surface area contributed by atoms with Crippen LogP contribution in [0.3, 0.4) is 0 Å². The lowest BCUT2D eigenvalue weighted by Gasteiger charge is -2.57. The van der Waals surface area contributed by atoms with Gasteiger partial charge in [-0.05, 0) is 86.3 Å². The summed E-state index contributed by atoms with van der Waals surface area (Å²) in [7, 11) is -3.16. The second-order valence-electron chi connectivity index (χ2n) is 12.7. The predicted molar refractivity (Wildman–Crippen MR) is 158 cm³/mol. The van der Waals surface area contributed by atoms with Gasteiger partial charge in [0.2, 0.25) is 10.0 Å². The summed E-state index contributed by atoms with van der Waals surface area (Å²) in [5.74, 6) is 1.25. The fourth-order valence-corrected chi connectivity index (χ4v) is 9.13. The SMILES string of the molecule is CS(=O)(=O)N1CCN(c2ccc(N3CCN(OC(=O)NC4[C@@H]5CC6C[C@H]4CC(O)(C6)C5)c4ccccc43)cc2)CC1. The van der Waals surface area contributed by atoms with Crippen LogP contribution in [0.5, 0.6) is 0 Å². The maximum absolute atomic E-state index is 13.1. The maximum Gasteiger partial charge on any atom is 0.431 e. The number of piperazine rings is 1. The number of sulfonamides is 1. The van der Waals surface area contributed by atoms with Crippen molar-refractivity contribution >= 4 is 38.9 Å². The predicted octanol–water partition coefficient (Wildman–Crippen LogP) is 3.31. The summed E-state index contributed by atoms with van der Waals surface area (Å²) in [5.41, 5.74) is 3.41. The van der Waals surface area contributed by atoms with Crippen molar-refractivity contribution in [3.8, 4) is 0 Å². The Kier molecular flexibility index (Phi) is 6.59. The first kappa shape index (κ1) is 26.9. The molecule has 220 valence electrons. The highest BCUT2D eigenvalue weighted by atomic mass is 32.2. The molecular formula is C30H39N5O5S. The van der Waals surface area contributed by atoms with Crippen molar-refractivity contribution in [2.75, 3.05) is 60.4 Å². The molecule has 3 unspecified atom stereocenters. The monoisotopic (exact) mass is 581 g/mol. The van der Waals surface area contributed by atoms with Gasteiger partial charge in [-0.15, -0.1) is 0 Å². The van der Waals surface area contributed by atoms with Crippen LogP contribution in [0.1, 0.15) is 32.1 Å². The van der Waals surface area contributed by atoms with Gasteiger partial charge in [0.1, 0.15) is 0 Å². The molecule has 6 aliphatic rings. The van der Waals surface area contributed by atoms with Crippen molar-refractivity contribution < 1.29 is 23.2 Å². The summed E-state index contributed by atoms with van der Waals surface area (Å²) < 4.78 is 25.2. The number of hydrogen-bond donors (Lipinski definition) is 2. The van der Waals surface area contributed by atoms with E-state index in [0.717, 1.165) is 54.9 Å². The molecule has 2 heterocycles. The number of carbonyl (C=O) groups is 1. The van der Waals surface area contributed by atoms with Crippen LogP contribution in [0.15, 0.2) is 48.5 Å². The summed E-state index contributed by atoms with van der Waals surface area (Å²) >= 11 is 0. The Balaban J connectivity index is 1.01. The van der Waals surface area contributed by atoms with E-state index in [2.05, 4.69) is 39.4 Å². The number of benzene rings is 2. The van der Waals surface area contributed by atoms with Gasteiger partial charge in [-0.25, -0.2) is 18.3 Å². The Bertz CT molecular complexity index is 1390. The summed E-state index contributed by atoms with van der Waals surface area (Å²) in [4.78, 5) is 23.5. The molecule has 0 radical (unpaired) electrons. The van der Waals surface area contributed by atoms with Gasteiger partial charge in [-0.2, -0.15) is 4.31 Å². The van der Waals surface area contributed by atoms with Gasteiger partial charge >= 0.3 is 6.09 Å². The zero-order chi connectivity index (χ0) is 28.4. The molecule has 0 spiro atoms. The Morgan fingerprint density at radius 1 is 0.878 bits per heavy atom. The molecule has 4 aliphatic carbocycles. The van der Waals surface area contributed by atoms with E-state index in [1.807, 2.05) is 24.3 Å². The van der Waals surface area contributed by atoms with E-state index in [9.17, 15) is 18.3 Å². The first-order valence-electron chi connectivity index (χ1n) is 14.8. The van der Waals surface area contributed by atoms with Crippen molar-refractivity contribution in [1.29, 1.82) is 0 Å². The molecular weight excluding hydrogens is 542 g/mol. The number of nitrogens with one attached hydrogen (secondary N) is 1. The zero-order valence-electron chi connectivity index (χ0n) is 23.5. The summed E-state index contributed by atoms with van der Waals surface area (Å²) in [6.45, 7) is 3.50. The summed E-state index contributed by atoms with van der Waals surface area (Å²) in [6, 6.07) is 16.4. The zero-order valence-corrected chi connectivity index (χ0v) is 24.3. The molecule has 1 amide bonds. The Labute approximate surface area is 241 Å². The van der Waals surface area contributed by atoms with Crippen molar-refractivity contribution in [3.05, 3.63) is 48.5 Å². The number of nitrogens with zero attached hydrogens (tertiary/aromatic N) is 4. The second kappa shape index (κ2) is 10.1. The Morgan fingerprint density at radius 2 is 1.51 bits per heavy atom. The van der Waals surface area contributed by atoms with E-state index in [1.54, 1.807) is 5.06 Å². The first-order valence-corrected chi connectivity index (χ1v) is 16.7. The lowest BCUT2D eigenvalue weighted by atomic mass is 9.52. The van der Waals surface area contributed by atoms with Gasteiger partial charge in [0.05, 0.1) is 29.8 Å². The van der Waals surface area contributed by atoms with Crippen LogP contribution >= 0.6 is 0 Å². The van der Waals surface area contributed by atoms with E-state index < -0.39 is 21.7 Å². The third kappa shape index (κ3) is 5.12. The van der Waals surface area contributed by atoms with Crippen LogP contribution in [0.4, 0.5) is 27.5 Å². The molecule has 4 bridgehead atoms. The molecule has 2 aromatic carbocycles. The molecule has 4 saturated carbocycles. The van der Waals surface area contributed by atoms with Crippen LogP contribution in [0, 0.1) is 17.8 Å². The number of hydrogen-bond acceptors (Lipinski definition) is 8. The van der Waals surface area contributed by atoms with Crippen LogP contribution in [-0.4, -0.2) is 81.1 Å². The minimum atomic E-state index is -3.16. The average Bonchev–Trinajstić information content (AvgIpc) is 2.94. The lowest BCUT2D eigenvalue weighted by Crippen LogP contribution is -2.62. The molecule has 11 heteroatoms. The van der Waals surface area contributed by atoms with Gasteiger partial charge in [0, 0.05) is 50.1 Å². The molecule has 5 atom stereocenters.